The number of rotatable bonds is 8. The van der Waals surface area contributed by atoms with Crippen LogP contribution in [0.3, 0.4) is 0 Å². The number of methoxy groups -OCH3 is 1. The smallest absolute Gasteiger partial charge is 0.219 e. The monoisotopic (exact) mass is 497 g/mol. The minimum Gasteiger partial charge on any atom is -0.496 e. The van der Waals surface area contributed by atoms with Crippen LogP contribution in [-0.2, 0) is 11.2 Å². The molecule has 2 aromatic rings. The highest BCUT2D eigenvalue weighted by molar-refractivity contribution is 7.98. The molecule has 0 radical (unpaired) electrons. The Balaban J connectivity index is 1.63. The molecular formula is C25H35N7O2S. The molecule has 3 rings (SSSR count). The van der Waals surface area contributed by atoms with Gasteiger partial charge in [-0.2, -0.15) is 0 Å². The average Bonchev–Trinajstić information content (AvgIpc) is 2.90. The third-order valence-corrected chi connectivity index (χ3v) is 6.82. The fraction of sp³-hybridized carbons (Fsp3) is 0.440. The fourth-order valence-electron chi connectivity index (χ4n) is 3.82. The molecular weight excluding hydrogens is 462 g/mol. The van der Waals surface area contributed by atoms with E-state index in [1.54, 1.807) is 30.8 Å². The van der Waals surface area contributed by atoms with Crippen molar-refractivity contribution >= 4 is 34.9 Å². The second-order valence-corrected chi connectivity index (χ2v) is 9.24. The van der Waals surface area contributed by atoms with Crippen molar-refractivity contribution in [3.05, 3.63) is 48.1 Å². The quantitative estimate of drug-likeness (QED) is 0.195. The van der Waals surface area contributed by atoms with E-state index in [1.807, 2.05) is 43.3 Å². The number of aromatic nitrogens is 2. The lowest BCUT2D eigenvalue weighted by molar-refractivity contribution is -0.130. The number of piperazine rings is 1. The van der Waals surface area contributed by atoms with E-state index in [9.17, 15) is 4.79 Å². The van der Waals surface area contributed by atoms with Crippen LogP contribution < -0.4 is 15.6 Å². The fourth-order valence-corrected chi connectivity index (χ4v) is 4.25. The molecule has 0 bridgehead atoms. The van der Waals surface area contributed by atoms with Crippen molar-refractivity contribution in [3.63, 3.8) is 0 Å². The van der Waals surface area contributed by atoms with E-state index in [4.69, 9.17) is 10.6 Å². The van der Waals surface area contributed by atoms with Gasteiger partial charge in [0.1, 0.15) is 23.7 Å². The summed E-state index contributed by atoms with van der Waals surface area (Å²) in [6.45, 7) is 9.16. The number of nitrogens with two attached hydrogens (primary N) is 1. The molecule has 9 nitrogen and oxygen atoms in total. The number of aliphatic imine (C=N–C) groups is 1. The summed E-state index contributed by atoms with van der Waals surface area (Å²) < 4.78 is 5.54. The molecule has 1 amide bonds. The number of benzene rings is 1. The first-order chi connectivity index (χ1) is 16.8. The summed E-state index contributed by atoms with van der Waals surface area (Å²) in [4.78, 5) is 30.1. The van der Waals surface area contributed by atoms with Gasteiger partial charge in [0.25, 0.3) is 0 Å². The summed E-state index contributed by atoms with van der Waals surface area (Å²) in [7, 11) is 1.69. The summed E-state index contributed by atoms with van der Waals surface area (Å²) in [5, 5.41) is 1.63. The third-order valence-electron chi connectivity index (χ3n) is 6.09. The van der Waals surface area contributed by atoms with Crippen LogP contribution in [0.1, 0.15) is 32.0 Å². The topological polar surface area (TPSA) is 100 Å². The lowest BCUT2D eigenvalue weighted by atomic mass is 10.1. The SMILES string of the molecule is COc1cc(SC)ccc1CCN(N)c1cc(/C(C)=C/N=C(C)N2CCN(C(C)=O)CC2)ncn1. The van der Waals surface area contributed by atoms with E-state index in [0.717, 1.165) is 65.9 Å². The van der Waals surface area contributed by atoms with Gasteiger partial charge in [0, 0.05) is 56.8 Å². The average molecular weight is 498 g/mol. The molecule has 1 aliphatic heterocycles. The maximum Gasteiger partial charge on any atom is 0.219 e. The summed E-state index contributed by atoms with van der Waals surface area (Å²) in [5.41, 5.74) is 2.78. The van der Waals surface area contributed by atoms with Gasteiger partial charge < -0.3 is 14.5 Å². The van der Waals surface area contributed by atoms with E-state index in [1.165, 1.54) is 6.33 Å². The van der Waals surface area contributed by atoms with Gasteiger partial charge in [0.05, 0.1) is 12.8 Å². The summed E-state index contributed by atoms with van der Waals surface area (Å²) in [6, 6.07) is 8.09. The molecule has 0 unspecified atom stereocenters. The second kappa shape index (κ2) is 12.6. The van der Waals surface area contributed by atoms with Gasteiger partial charge in [-0.3, -0.25) is 9.80 Å². The number of hydrazine groups is 1. The number of hydrogen-bond acceptors (Lipinski definition) is 8. The first-order valence-electron chi connectivity index (χ1n) is 11.6. The standard InChI is InChI=1S/C25H35N7O2S/c1-18(16-27-19(2)30-10-12-31(13-11-30)20(3)33)23-15-25(29-17-28-23)32(26)9-8-21-6-7-22(35-5)14-24(21)34-4/h6-7,14-17H,8-13,26H2,1-5H3/b18-16+,27-19?. The third kappa shape index (κ3) is 7.19. The Labute approximate surface area is 212 Å². The molecule has 10 heteroatoms. The number of anilines is 1. The number of ether oxygens (including phenoxy) is 1. The summed E-state index contributed by atoms with van der Waals surface area (Å²) in [5.74, 6) is 8.88. The van der Waals surface area contributed by atoms with Gasteiger partial charge in [0.2, 0.25) is 5.91 Å². The molecule has 0 spiro atoms. The van der Waals surface area contributed by atoms with Crippen LogP contribution in [-0.4, -0.2) is 77.6 Å². The maximum atomic E-state index is 11.5. The van der Waals surface area contributed by atoms with Crippen molar-refractivity contribution in [2.24, 2.45) is 10.8 Å². The number of carbonyl (C=O) groups is 1. The van der Waals surface area contributed by atoms with E-state index >= 15 is 0 Å². The van der Waals surface area contributed by atoms with E-state index in [2.05, 4.69) is 32.0 Å². The predicted octanol–water partition coefficient (Wildman–Crippen LogP) is 3.07. The van der Waals surface area contributed by atoms with Gasteiger partial charge in [-0.05, 0) is 49.8 Å². The Bertz CT molecular complexity index is 1080. The lowest BCUT2D eigenvalue weighted by Gasteiger charge is -2.35. The van der Waals surface area contributed by atoms with Crippen molar-refractivity contribution in [1.82, 2.24) is 19.8 Å². The maximum absolute atomic E-state index is 11.5. The molecule has 1 aromatic heterocycles. The highest BCUT2D eigenvalue weighted by atomic mass is 32.2. The van der Waals surface area contributed by atoms with Crippen molar-refractivity contribution in [2.45, 2.75) is 32.1 Å². The van der Waals surface area contributed by atoms with Crippen LogP contribution in [0.4, 0.5) is 5.82 Å². The highest BCUT2D eigenvalue weighted by Gasteiger charge is 2.19. The molecule has 0 saturated carbocycles. The number of amides is 1. The van der Waals surface area contributed by atoms with E-state index in [0.29, 0.717) is 12.4 Å². The number of nitrogens with zero attached hydrogens (tertiary/aromatic N) is 6. The zero-order valence-electron chi connectivity index (χ0n) is 21.2. The zero-order chi connectivity index (χ0) is 25.4. The van der Waals surface area contributed by atoms with Gasteiger partial charge in [0.15, 0.2) is 0 Å². The first-order valence-corrected chi connectivity index (χ1v) is 12.8. The van der Waals surface area contributed by atoms with Crippen molar-refractivity contribution in [3.8, 4) is 5.75 Å². The van der Waals surface area contributed by atoms with Gasteiger partial charge >= 0.3 is 0 Å². The zero-order valence-corrected chi connectivity index (χ0v) is 22.0. The van der Waals surface area contributed by atoms with E-state index < -0.39 is 0 Å². The number of carbonyl (C=O) groups excluding carboxylic acids is 1. The Morgan fingerprint density at radius 2 is 1.89 bits per heavy atom. The molecule has 188 valence electrons. The van der Waals surface area contributed by atoms with Gasteiger partial charge in [-0.15, -0.1) is 11.8 Å². The van der Waals surface area contributed by atoms with Crippen LogP contribution >= 0.6 is 11.8 Å². The van der Waals surface area contributed by atoms with Crippen LogP contribution in [0, 0.1) is 0 Å². The van der Waals surface area contributed by atoms with Crippen LogP contribution in [0.2, 0.25) is 0 Å². The molecule has 35 heavy (non-hydrogen) atoms. The van der Waals surface area contributed by atoms with Gasteiger partial charge in [-0.1, -0.05) is 6.07 Å². The minimum absolute atomic E-state index is 0.121. The Morgan fingerprint density at radius 3 is 2.54 bits per heavy atom. The number of allylic oxidation sites excluding steroid dienone is 1. The molecule has 0 aliphatic carbocycles. The van der Waals surface area contributed by atoms with Crippen LogP contribution in [0.25, 0.3) is 5.57 Å². The highest BCUT2D eigenvalue weighted by Crippen LogP contribution is 2.26. The van der Waals surface area contributed by atoms with E-state index in [-0.39, 0.29) is 5.91 Å². The molecule has 1 aromatic carbocycles. The molecule has 2 N–H and O–H groups in total. The summed E-state index contributed by atoms with van der Waals surface area (Å²) in [6.07, 6.45) is 6.11. The molecule has 2 heterocycles. The number of hydrogen-bond donors (Lipinski definition) is 1. The van der Waals surface area contributed by atoms with Crippen LogP contribution in [0.15, 0.2) is 46.7 Å². The predicted molar refractivity (Wildman–Crippen MR) is 143 cm³/mol. The second-order valence-electron chi connectivity index (χ2n) is 8.36. The molecule has 1 aliphatic rings. The minimum atomic E-state index is 0.121. The molecule has 0 atom stereocenters. The Kier molecular flexibility index (Phi) is 9.50. The van der Waals surface area contributed by atoms with Crippen molar-refractivity contribution in [1.29, 1.82) is 0 Å². The summed E-state index contributed by atoms with van der Waals surface area (Å²) >= 11 is 1.68. The lowest BCUT2D eigenvalue weighted by Crippen LogP contribution is -2.49. The molecule has 1 saturated heterocycles. The van der Waals surface area contributed by atoms with Crippen molar-refractivity contribution < 1.29 is 9.53 Å². The Morgan fingerprint density at radius 1 is 1.17 bits per heavy atom. The van der Waals surface area contributed by atoms with Gasteiger partial charge in [-0.25, -0.2) is 20.8 Å². The normalized spacial score (nSPS) is 14.8. The number of amidine groups is 1. The Hall–Kier alpha value is -3.11. The van der Waals surface area contributed by atoms with Crippen LogP contribution in [0.5, 0.6) is 5.75 Å². The number of thioether (sulfide) groups is 1. The molecule has 1 fully saturated rings. The first kappa shape index (κ1) is 26.5. The van der Waals surface area contributed by atoms with Crippen molar-refractivity contribution in [2.75, 3.05) is 51.1 Å². The largest absolute Gasteiger partial charge is 0.496 e.